The van der Waals surface area contributed by atoms with Gasteiger partial charge in [0, 0.05) is 39.4 Å². The minimum atomic E-state index is -1.59. The number of carbonyl (C=O) groups is 2. The molecule has 2 unspecified atom stereocenters. The first-order valence-corrected chi connectivity index (χ1v) is 16.4. The molecule has 1 aliphatic carbocycles. The highest BCUT2D eigenvalue weighted by Crippen LogP contribution is 2.38. The summed E-state index contributed by atoms with van der Waals surface area (Å²) in [6, 6.07) is 0. The molecule has 8 nitrogen and oxygen atoms in total. The molecule has 42 heavy (non-hydrogen) atoms. The van der Waals surface area contributed by atoms with E-state index in [4.69, 9.17) is 28.4 Å². The molecule has 238 valence electrons. The summed E-state index contributed by atoms with van der Waals surface area (Å²) in [7, 11) is 0. The molecule has 5 atom stereocenters. The molecule has 3 aliphatic rings. The highest BCUT2D eigenvalue weighted by atomic mass is 16.9. The SMILES string of the molecule is CCCCCCC=C[C@H]1CC[C@H](OC(C)=O)[C@@H]1CC=C=CCCC(OC(C)=O)(OC1CCCCO1)OC1CCCCO1. The van der Waals surface area contributed by atoms with Gasteiger partial charge < -0.3 is 18.9 Å². The molecule has 0 N–H and O–H groups in total. The summed E-state index contributed by atoms with van der Waals surface area (Å²) < 4.78 is 35.4. The Hall–Kier alpha value is -1.96. The van der Waals surface area contributed by atoms with E-state index >= 15 is 0 Å². The molecule has 8 heteroatoms. The molecule has 0 aromatic carbocycles. The molecule has 3 fully saturated rings. The van der Waals surface area contributed by atoms with Gasteiger partial charge in [-0.15, -0.1) is 5.73 Å². The monoisotopic (exact) mass is 590 g/mol. The highest BCUT2D eigenvalue weighted by molar-refractivity contribution is 5.66. The van der Waals surface area contributed by atoms with Crippen LogP contribution in [-0.2, 0) is 38.0 Å². The molecule has 0 spiro atoms. The Morgan fingerprint density at radius 2 is 1.57 bits per heavy atom. The molecule has 2 saturated heterocycles. The first-order chi connectivity index (χ1) is 20.4. The Labute approximate surface area is 253 Å². The second-order valence-corrected chi connectivity index (χ2v) is 11.8. The van der Waals surface area contributed by atoms with Gasteiger partial charge in [0.05, 0.1) is 0 Å². The van der Waals surface area contributed by atoms with Gasteiger partial charge in [0.2, 0.25) is 0 Å². The lowest BCUT2D eigenvalue weighted by molar-refractivity contribution is -0.440. The predicted octanol–water partition coefficient (Wildman–Crippen LogP) is 7.66. The summed E-state index contributed by atoms with van der Waals surface area (Å²) in [5.74, 6) is -1.67. The molecule has 1 saturated carbocycles. The summed E-state index contributed by atoms with van der Waals surface area (Å²) in [5.41, 5.74) is 3.30. The van der Waals surface area contributed by atoms with Crippen molar-refractivity contribution in [1.82, 2.24) is 0 Å². The largest absolute Gasteiger partial charge is 0.462 e. The van der Waals surface area contributed by atoms with E-state index < -0.39 is 24.5 Å². The first kappa shape index (κ1) is 34.5. The highest BCUT2D eigenvalue weighted by Gasteiger charge is 2.42. The second-order valence-electron chi connectivity index (χ2n) is 11.8. The zero-order valence-corrected chi connectivity index (χ0v) is 26.2. The van der Waals surface area contributed by atoms with Crippen molar-refractivity contribution in [2.75, 3.05) is 13.2 Å². The maximum atomic E-state index is 12.2. The summed E-state index contributed by atoms with van der Waals surface area (Å²) in [4.78, 5) is 23.9. The zero-order chi connectivity index (χ0) is 30.0. The van der Waals surface area contributed by atoms with E-state index in [1.807, 2.05) is 12.2 Å². The number of rotatable bonds is 17. The molecule has 0 radical (unpaired) electrons. The summed E-state index contributed by atoms with van der Waals surface area (Å²) in [5, 5.41) is 0. The standard InChI is InChI=1S/C34H54O8/c1-4-5-6-7-8-11-18-29-22-23-31(39-27(2)35)30(29)19-12-9-10-15-24-34(40-28(3)36,41-32-20-13-16-25-37-32)42-33-21-14-17-26-38-33/h10-12,18,29-33H,4-8,13-17,19-26H2,1-3H3/t9?,29-,30+,31-,32?,33?,34?/m0/s1. The topological polar surface area (TPSA) is 89.5 Å². The van der Waals surface area contributed by atoms with Gasteiger partial charge in [0.25, 0.3) is 0 Å². The molecular weight excluding hydrogens is 536 g/mol. The van der Waals surface area contributed by atoms with Crippen LogP contribution < -0.4 is 0 Å². The van der Waals surface area contributed by atoms with Crippen LogP contribution in [0, 0.1) is 11.8 Å². The Bertz CT molecular complexity index is 860. The van der Waals surface area contributed by atoms with E-state index in [9.17, 15) is 9.59 Å². The van der Waals surface area contributed by atoms with Crippen molar-refractivity contribution >= 4 is 11.9 Å². The number of carbonyl (C=O) groups excluding carboxylic acids is 2. The lowest BCUT2D eigenvalue weighted by atomic mass is 9.90. The third kappa shape index (κ3) is 12.7. The van der Waals surface area contributed by atoms with Crippen molar-refractivity contribution in [3.05, 3.63) is 30.0 Å². The number of ether oxygens (including phenoxy) is 6. The Morgan fingerprint density at radius 1 is 0.857 bits per heavy atom. The summed E-state index contributed by atoms with van der Waals surface area (Å²) in [6.07, 6.45) is 22.5. The van der Waals surface area contributed by atoms with Crippen LogP contribution in [0.1, 0.15) is 124 Å². The van der Waals surface area contributed by atoms with Gasteiger partial charge in [0.1, 0.15) is 6.10 Å². The average Bonchev–Trinajstić information content (AvgIpc) is 3.33. The van der Waals surface area contributed by atoms with Crippen LogP contribution in [0.2, 0.25) is 0 Å². The van der Waals surface area contributed by atoms with Gasteiger partial charge in [-0.05, 0) is 95.1 Å². The molecule has 0 bridgehead atoms. The number of hydrogen-bond donors (Lipinski definition) is 0. The molecular formula is C34H54O8. The number of esters is 2. The smallest absolute Gasteiger partial charge is 0.333 e. The average molecular weight is 591 g/mol. The van der Waals surface area contributed by atoms with Crippen LogP contribution in [0.25, 0.3) is 0 Å². The Balaban J connectivity index is 1.62. The Morgan fingerprint density at radius 3 is 2.17 bits per heavy atom. The number of unbranched alkanes of at least 4 members (excludes halogenated alkanes) is 4. The molecule has 0 aromatic rings. The van der Waals surface area contributed by atoms with Crippen molar-refractivity contribution in [2.45, 2.75) is 148 Å². The lowest BCUT2D eigenvalue weighted by Gasteiger charge is -2.39. The van der Waals surface area contributed by atoms with Gasteiger partial charge in [-0.3, -0.25) is 19.1 Å². The zero-order valence-electron chi connectivity index (χ0n) is 26.2. The fourth-order valence-corrected chi connectivity index (χ4v) is 6.04. The van der Waals surface area contributed by atoms with Gasteiger partial charge in [0.15, 0.2) is 12.6 Å². The molecule has 2 heterocycles. The second kappa shape index (κ2) is 19.3. The van der Waals surface area contributed by atoms with Gasteiger partial charge in [-0.25, -0.2) is 0 Å². The fourth-order valence-electron chi connectivity index (χ4n) is 6.04. The van der Waals surface area contributed by atoms with Gasteiger partial charge in [-0.1, -0.05) is 38.3 Å². The van der Waals surface area contributed by atoms with Crippen LogP contribution in [0.4, 0.5) is 0 Å². The molecule has 2 aliphatic heterocycles. The minimum absolute atomic E-state index is 0.0697. The van der Waals surface area contributed by atoms with E-state index in [1.165, 1.54) is 39.5 Å². The van der Waals surface area contributed by atoms with Crippen molar-refractivity contribution in [3.8, 4) is 0 Å². The van der Waals surface area contributed by atoms with Crippen molar-refractivity contribution in [1.29, 1.82) is 0 Å². The third-order valence-electron chi connectivity index (χ3n) is 8.15. The van der Waals surface area contributed by atoms with Crippen molar-refractivity contribution < 1.29 is 38.0 Å². The van der Waals surface area contributed by atoms with Crippen molar-refractivity contribution in [2.24, 2.45) is 11.8 Å². The van der Waals surface area contributed by atoms with E-state index in [1.54, 1.807) is 0 Å². The van der Waals surface area contributed by atoms with Crippen LogP contribution >= 0.6 is 0 Å². The molecule has 0 amide bonds. The summed E-state index contributed by atoms with van der Waals surface area (Å²) in [6.45, 7) is 6.28. The Kier molecular flexibility index (Phi) is 15.9. The number of allylic oxidation sites excluding steroid dienone is 3. The maximum absolute atomic E-state index is 12.2. The third-order valence-corrected chi connectivity index (χ3v) is 8.15. The van der Waals surface area contributed by atoms with E-state index in [0.29, 0.717) is 38.4 Å². The predicted molar refractivity (Wildman–Crippen MR) is 160 cm³/mol. The quantitative estimate of drug-likeness (QED) is 0.0561. The maximum Gasteiger partial charge on any atom is 0.333 e. The van der Waals surface area contributed by atoms with Crippen LogP contribution in [0.3, 0.4) is 0 Å². The minimum Gasteiger partial charge on any atom is -0.462 e. The van der Waals surface area contributed by atoms with Crippen molar-refractivity contribution in [3.63, 3.8) is 0 Å². The van der Waals surface area contributed by atoms with Crippen LogP contribution in [0.5, 0.6) is 0 Å². The first-order valence-electron chi connectivity index (χ1n) is 16.4. The van der Waals surface area contributed by atoms with E-state index in [0.717, 1.165) is 51.4 Å². The van der Waals surface area contributed by atoms with E-state index in [2.05, 4.69) is 24.8 Å². The molecule has 3 rings (SSSR count). The normalized spacial score (nSPS) is 27.6. The fraction of sp³-hybridized carbons (Fsp3) is 0.794. The van der Waals surface area contributed by atoms with E-state index in [-0.39, 0.29) is 24.4 Å². The van der Waals surface area contributed by atoms with Crippen LogP contribution in [-0.4, -0.2) is 49.8 Å². The summed E-state index contributed by atoms with van der Waals surface area (Å²) >= 11 is 0. The lowest BCUT2D eigenvalue weighted by Crippen LogP contribution is -2.48. The van der Waals surface area contributed by atoms with Gasteiger partial charge >= 0.3 is 17.9 Å². The van der Waals surface area contributed by atoms with Crippen LogP contribution in [0.15, 0.2) is 30.0 Å². The number of hydrogen-bond acceptors (Lipinski definition) is 8. The van der Waals surface area contributed by atoms with Gasteiger partial charge in [-0.2, -0.15) is 0 Å². The molecule has 0 aromatic heterocycles.